The predicted molar refractivity (Wildman–Crippen MR) is 105 cm³/mol. The SMILES string of the molecule is Cc1ccc(C(=O)NCc2ccc3c(c2)OCCCO3)cc1N1CCNC1=O. The van der Waals surface area contributed by atoms with Gasteiger partial charge in [0.1, 0.15) is 0 Å². The molecule has 7 nitrogen and oxygen atoms in total. The summed E-state index contributed by atoms with van der Waals surface area (Å²) in [4.78, 5) is 26.3. The van der Waals surface area contributed by atoms with Crippen LogP contribution in [-0.4, -0.2) is 38.2 Å². The zero-order valence-electron chi connectivity index (χ0n) is 15.8. The zero-order valence-corrected chi connectivity index (χ0v) is 15.8. The van der Waals surface area contributed by atoms with E-state index in [1.54, 1.807) is 17.0 Å². The molecule has 2 aliphatic heterocycles. The molecule has 2 N–H and O–H groups in total. The summed E-state index contributed by atoms with van der Waals surface area (Å²) in [6, 6.07) is 11.0. The van der Waals surface area contributed by atoms with Gasteiger partial charge in [0.2, 0.25) is 0 Å². The van der Waals surface area contributed by atoms with Gasteiger partial charge in [-0.25, -0.2) is 4.79 Å². The van der Waals surface area contributed by atoms with E-state index in [-0.39, 0.29) is 11.9 Å². The van der Waals surface area contributed by atoms with E-state index in [0.29, 0.717) is 44.2 Å². The Hall–Kier alpha value is -3.22. The third-order valence-corrected chi connectivity index (χ3v) is 4.88. The number of benzene rings is 2. The number of nitrogens with one attached hydrogen (secondary N) is 2. The molecule has 0 atom stereocenters. The summed E-state index contributed by atoms with van der Waals surface area (Å²) < 4.78 is 11.3. The standard InChI is InChI=1S/C21H23N3O4/c1-14-3-5-16(12-17(14)24-8-7-22-21(24)26)20(25)23-13-15-4-6-18-19(11-15)28-10-2-9-27-18/h3-6,11-12H,2,7-10,13H2,1H3,(H,22,26)(H,23,25). The first-order chi connectivity index (χ1) is 13.6. The second-order valence-corrected chi connectivity index (χ2v) is 6.90. The van der Waals surface area contributed by atoms with Crippen molar-refractivity contribution in [1.29, 1.82) is 0 Å². The molecule has 1 fully saturated rings. The maximum absolute atomic E-state index is 12.6. The van der Waals surface area contributed by atoms with Gasteiger partial charge in [0, 0.05) is 37.3 Å². The van der Waals surface area contributed by atoms with E-state index in [4.69, 9.17) is 9.47 Å². The average molecular weight is 381 g/mol. The molecule has 0 bridgehead atoms. The van der Waals surface area contributed by atoms with Crippen molar-refractivity contribution in [2.75, 3.05) is 31.2 Å². The fourth-order valence-corrected chi connectivity index (χ4v) is 3.34. The summed E-state index contributed by atoms with van der Waals surface area (Å²) in [6.07, 6.45) is 0.853. The number of carbonyl (C=O) groups excluding carboxylic acids is 2. The first kappa shape index (κ1) is 18.2. The van der Waals surface area contributed by atoms with Crippen LogP contribution in [0, 0.1) is 6.92 Å². The molecule has 0 saturated carbocycles. The maximum atomic E-state index is 12.6. The average Bonchev–Trinajstić information content (AvgIpc) is 2.98. The number of hydrogen-bond donors (Lipinski definition) is 2. The summed E-state index contributed by atoms with van der Waals surface area (Å²) in [6.45, 7) is 4.79. The highest BCUT2D eigenvalue weighted by atomic mass is 16.5. The second kappa shape index (κ2) is 7.80. The van der Waals surface area contributed by atoms with E-state index in [1.807, 2.05) is 31.2 Å². The Kier molecular flexibility index (Phi) is 5.06. The molecule has 28 heavy (non-hydrogen) atoms. The molecule has 0 spiro atoms. The molecule has 3 amide bonds. The summed E-state index contributed by atoms with van der Waals surface area (Å²) >= 11 is 0. The molecule has 0 aliphatic carbocycles. The van der Waals surface area contributed by atoms with Crippen molar-refractivity contribution >= 4 is 17.6 Å². The van der Waals surface area contributed by atoms with Crippen molar-refractivity contribution in [3.63, 3.8) is 0 Å². The van der Waals surface area contributed by atoms with Crippen LogP contribution in [0.25, 0.3) is 0 Å². The number of carbonyl (C=O) groups is 2. The van der Waals surface area contributed by atoms with Gasteiger partial charge in [0.25, 0.3) is 5.91 Å². The normalized spacial score (nSPS) is 15.8. The van der Waals surface area contributed by atoms with E-state index in [1.165, 1.54) is 0 Å². The van der Waals surface area contributed by atoms with Gasteiger partial charge in [0.15, 0.2) is 11.5 Å². The lowest BCUT2D eigenvalue weighted by Gasteiger charge is -2.18. The number of ether oxygens (including phenoxy) is 2. The molecule has 2 aromatic carbocycles. The van der Waals surface area contributed by atoms with E-state index >= 15 is 0 Å². The molecule has 0 aromatic heterocycles. The lowest BCUT2D eigenvalue weighted by atomic mass is 10.1. The zero-order chi connectivity index (χ0) is 19.5. The third-order valence-electron chi connectivity index (χ3n) is 4.88. The van der Waals surface area contributed by atoms with Crippen LogP contribution in [0.15, 0.2) is 36.4 Å². The minimum Gasteiger partial charge on any atom is -0.490 e. The third kappa shape index (κ3) is 3.74. The molecule has 2 aliphatic rings. The molecule has 4 rings (SSSR count). The number of aryl methyl sites for hydroxylation is 1. The van der Waals surface area contributed by atoms with Crippen molar-refractivity contribution in [3.05, 3.63) is 53.1 Å². The number of rotatable bonds is 4. The van der Waals surface area contributed by atoms with Crippen molar-refractivity contribution in [2.45, 2.75) is 19.9 Å². The molecule has 7 heteroatoms. The van der Waals surface area contributed by atoms with Crippen molar-refractivity contribution < 1.29 is 19.1 Å². The topological polar surface area (TPSA) is 79.9 Å². The Morgan fingerprint density at radius 1 is 1.14 bits per heavy atom. The van der Waals surface area contributed by atoms with E-state index in [9.17, 15) is 9.59 Å². The Balaban J connectivity index is 1.45. The van der Waals surface area contributed by atoms with Gasteiger partial charge in [-0.15, -0.1) is 0 Å². The van der Waals surface area contributed by atoms with Gasteiger partial charge in [-0.3, -0.25) is 9.69 Å². The molecular weight excluding hydrogens is 358 g/mol. The van der Waals surface area contributed by atoms with E-state index in [0.717, 1.165) is 29.0 Å². The number of nitrogens with zero attached hydrogens (tertiary/aromatic N) is 1. The van der Waals surface area contributed by atoms with Gasteiger partial charge in [-0.1, -0.05) is 12.1 Å². The van der Waals surface area contributed by atoms with Crippen LogP contribution >= 0.6 is 0 Å². The second-order valence-electron chi connectivity index (χ2n) is 6.90. The van der Waals surface area contributed by atoms with Gasteiger partial charge in [0.05, 0.1) is 13.2 Å². The largest absolute Gasteiger partial charge is 0.490 e. The summed E-state index contributed by atoms with van der Waals surface area (Å²) in [5.41, 5.74) is 3.17. The summed E-state index contributed by atoms with van der Waals surface area (Å²) in [7, 11) is 0. The molecular formula is C21H23N3O4. The van der Waals surface area contributed by atoms with Gasteiger partial charge >= 0.3 is 6.03 Å². The van der Waals surface area contributed by atoms with Crippen molar-refractivity contribution in [3.8, 4) is 11.5 Å². The summed E-state index contributed by atoms with van der Waals surface area (Å²) in [5, 5.41) is 5.72. The first-order valence-corrected chi connectivity index (χ1v) is 9.44. The first-order valence-electron chi connectivity index (χ1n) is 9.44. The van der Waals surface area contributed by atoms with Crippen molar-refractivity contribution in [1.82, 2.24) is 10.6 Å². The fraction of sp³-hybridized carbons (Fsp3) is 0.333. The lowest BCUT2D eigenvalue weighted by Crippen LogP contribution is -2.29. The van der Waals surface area contributed by atoms with Gasteiger partial charge in [-0.05, 0) is 42.3 Å². The highest BCUT2D eigenvalue weighted by Crippen LogP contribution is 2.30. The smallest absolute Gasteiger partial charge is 0.322 e. The molecule has 2 aromatic rings. The lowest BCUT2D eigenvalue weighted by molar-refractivity contribution is 0.0951. The molecule has 2 heterocycles. The van der Waals surface area contributed by atoms with Crippen molar-refractivity contribution in [2.24, 2.45) is 0 Å². The van der Waals surface area contributed by atoms with Crippen LogP contribution in [0.2, 0.25) is 0 Å². The number of urea groups is 1. The van der Waals surface area contributed by atoms with Gasteiger partial charge in [-0.2, -0.15) is 0 Å². The minimum absolute atomic E-state index is 0.132. The van der Waals surface area contributed by atoms with Gasteiger partial charge < -0.3 is 20.1 Å². The van der Waals surface area contributed by atoms with E-state index < -0.39 is 0 Å². The highest BCUT2D eigenvalue weighted by Gasteiger charge is 2.23. The molecule has 146 valence electrons. The predicted octanol–water partition coefficient (Wildman–Crippen LogP) is 2.62. The molecule has 1 saturated heterocycles. The Bertz CT molecular complexity index is 913. The van der Waals surface area contributed by atoms with Crippen LogP contribution in [0.5, 0.6) is 11.5 Å². The minimum atomic E-state index is -0.187. The number of fused-ring (bicyclic) bond motifs is 1. The van der Waals surface area contributed by atoms with E-state index in [2.05, 4.69) is 10.6 Å². The van der Waals surface area contributed by atoms with Crippen LogP contribution < -0.4 is 25.0 Å². The van der Waals surface area contributed by atoms with Crippen LogP contribution in [0.4, 0.5) is 10.5 Å². The quantitative estimate of drug-likeness (QED) is 0.853. The monoisotopic (exact) mass is 381 g/mol. The number of amides is 3. The number of anilines is 1. The molecule has 0 radical (unpaired) electrons. The molecule has 0 unspecified atom stereocenters. The van der Waals surface area contributed by atoms with Crippen LogP contribution in [0.3, 0.4) is 0 Å². The number of hydrogen-bond acceptors (Lipinski definition) is 4. The Morgan fingerprint density at radius 2 is 1.96 bits per heavy atom. The summed E-state index contributed by atoms with van der Waals surface area (Å²) in [5.74, 6) is 1.26. The van der Waals surface area contributed by atoms with Crippen LogP contribution in [-0.2, 0) is 6.54 Å². The maximum Gasteiger partial charge on any atom is 0.322 e. The van der Waals surface area contributed by atoms with Crippen LogP contribution in [0.1, 0.15) is 27.9 Å². The highest BCUT2D eigenvalue weighted by molar-refractivity contribution is 5.99. The fourth-order valence-electron chi connectivity index (χ4n) is 3.34. The Labute approximate surface area is 163 Å². The Morgan fingerprint density at radius 3 is 2.75 bits per heavy atom.